The van der Waals surface area contributed by atoms with E-state index in [1.165, 1.54) is 0 Å². The van der Waals surface area contributed by atoms with E-state index in [0.717, 1.165) is 12.0 Å². The molecule has 0 fully saturated rings. The fourth-order valence-corrected chi connectivity index (χ4v) is 2.62. The van der Waals surface area contributed by atoms with Gasteiger partial charge >= 0.3 is 0 Å². The highest BCUT2D eigenvalue weighted by Gasteiger charge is 2.22. The summed E-state index contributed by atoms with van der Waals surface area (Å²) in [6.07, 6.45) is 2.65. The van der Waals surface area contributed by atoms with E-state index in [1.807, 2.05) is 45.2 Å². The van der Waals surface area contributed by atoms with Crippen LogP contribution in [0.1, 0.15) is 46.7 Å². The third kappa shape index (κ3) is 3.59. The molecular formula is C20H22N4O2. The second kappa shape index (κ2) is 7.39. The fourth-order valence-electron chi connectivity index (χ4n) is 2.62. The first-order valence-corrected chi connectivity index (χ1v) is 8.65. The van der Waals surface area contributed by atoms with Crippen molar-refractivity contribution in [2.45, 2.75) is 33.2 Å². The summed E-state index contributed by atoms with van der Waals surface area (Å²) in [7, 11) is 0. The Balaban J connectivity index is 2.02. The Labute approximate surface area is 152 Å². The molecule has 0 spiro atoms. The van der Waals surface area contributed by atoms with Crippen molar-refractivity contribution in [2.24, 2.45) is 0 Å². The molecular weight excluding hydrogens is 328 g/mol. The number of aromatic nitrogens is 2. The minimum Gasteiger partial charge on any atom is -0.348 e. The van der Waals surface area contributed by atoms with E-state index in [9.17, 15) is 9.59 Å². The standard InChI is InChI=1S/C20H22N4O2/c1-4-14(3)21-20(26)17-18(22-16-11-10-13(2)12-24(16)17)23-19(25)15-8-6-5-7-9-15/h5-12,14H,4H2,1-3H3,(H,21,26)(H,23,25). The zero-order valence-corrected chi connectivity index (χ0v) is 15.1. The molecule has 3 aromatic rings. The predicted octanol–water partition coefficient (Wildman–Crippen LogP) is 3.42. The fraction of sp³-hybridized carbons (Fsp3) is 0.250. The highest BCUT2D eigenvalue weighted by Crippen LogP contribution is 2.20. The molecule has 0 saturated carbocycles. The summed E-state index contributed by atoms with van der Waals surface area (Å²) in [5, 5.41) is 5.72. The monoisotopic (exact) mass is 350 g/mol. The number of anilines is 1. The lowest BCUT2D eigenvalue weighted by molar-refractivity contribution is 0.0934. The van der Waals surface area contributed by atoms with E-state index >= 15 is 0 Å². The van der Waals surface area contributed by atoms with Gasteiger partial charge in [0.15, 0.2) is 11.5 Å². The number of pyridine rings is 1. The molecule has 0 aliphatic heterocycles. The van der Waals surface area contributed by atoms with Crippen LogP contribution in [0.3, 0.4) is 0 Å². The van der Waals surface area contributed by atoms with Crippen molar-refractivity contribution in [3.05, 3.63) is 65.5 Å². The molecule has 6 heteroatoms. The second-order valence-electron chi connectivity index (χ2n) is 6.35. The van der Waals surface area contributed by atoms with Crippen LogP contribution in [-0.4, -0.2) is 27.2 Å². The van der Waals surface area contributed by atoms with Crippen LogP contribution in [0.15, 0.2) is 48.7 Å². The number of hydrogen-bond donors (Lipinski definition) is 2. The molecule has 134 valence electrons. The Morgan fingerprint density at radius 2 is 1.85 bits per heavy atom. The summed E-state index contributed by atoms with van der Waals surface area (Å²) in [5.41, 5.74) is 2.43. The Kier molecular flexibility index (Phi) is 5.02. The number of carbonyl (C=O) groups excluding carboxylic acids is 2. The highest BCUT2D eigenvalue weighted by atomic mass is 16.2. The van der Waals surface area contributed by atoms with E-state index in [-0.39, 0.29) is 23.7 Å². The molecule has 0 bridgehead atoms. The Morgan fingerprint density at radius 3 is 2.54 bits per heavy atom. The van der Waals surface area contributed by atoms with Crippen molar-refractivity contribution in [3.63, 3.8) is 0 Å². The normalized spacial score (nSPS) is 12.0. The van der Waals surface area contributed by atoms with Gasteiger partial charge in [0, 0.05) is 17.8 Å². The molecule has 0 radical (unpaired) electrons. The number of hydrogen-bond acceptors (Lipinski definition) is 3. The third-order valence-electron chi connectivity index (χ3n) is 4.24. The van der Waals surface area contributed by atoms with Crippen LogP contribution < -0.4 is 10.6 Å². The van der Waals surface area contributed by atoms with Gasteiger partial charge in [0.05, 0.1) is 0 Å². The van der Waals surface area contributed by atoms with Crippen LogP contribution in [0.25, 0.3) is 5.65 Å². The van der Waals surface area contributed by atoms with Gasteiger partial charge in [-0.25, -0.2) is 4.98 Å². The lowest BCUT2D eigenvalue weighted by atomic mass is 10.2. The number of aryl methyl sites for hydroxylation is 1. The van der Waals surface area contributed by atoms with E-state index < -0.39 is 0 Å². The van der Waals surface area contributed by atoms with Crippen molar-refractivity contribution >= 4 is 23.3 Å². The zero-order chi connectivity index (χ0) is 18.7. The number of rotatable bonds is 5. The molecule has 6 nitrogen and oxygen atoms in total. The van der Waals surface area contributed by atoms with Crippen LogP contribution in [0.4, 0.5) is 5.82 Å². The van der Waals surface area contributed by atoms with Crippen LogP contribution in [-0.2, 0) is 0 Å². The largest absolute Gasteiger partial charge is 0.348 e. The van der Waals surface area contributed by atoms with Gasteiger partial charge in [-0.05, 0) is 44.0 Å². The first-order chi connectivity index (χ1) is 12.5. The quantitative estimate of drug-likeness (QED) is 0.740. The van der Waals surface area contributed by atoms with Crippen LogP contribution in [0.2, 0.25) is 0 Å². The summed E-state index contributed by atoms with van der Waals surface area (Å²) in [6, 6.07) is 12.6. The van der Waals surface area contributed by atoms with Crippen LogP contribution >= 0.6 is 0 Å². The van der Waals surface area contributed by atoms with Gasteiger partial charge in [0.1, 0.15) is 5.65 Å². The van der Waals surface area contributed by atoms with Gasteiger partial charge in [0.2, 0.25) is 0 Å². The zero-order valence-electron chi connectivity index (χ0n) is 15.1. The maximum atomic E-state index is 12.8. The average molecular weight is 350 g/mol. The SMILES string of the molecule is CCC(C)NC(=O)c1c(NC(=O)c2ccccc2)nc2ccc(C)cn12. The van der Waals surface area contributed by atoms with Crippen molar-refractivity contribution in [3.8, 4) is 0 Å². The first-order valence-electron chi connectivity index (χ1n) is 8.65. The maximum absolute atomic E-state index is 12.8. The van der Waals surface area contributed by atoms with Crippen molar-refractivity contribution in [2.75, 3.05) is 5.32 Å². The average Bonchev–Trinajstić information content (AvgIpc) is 2.99. The molecule has 2 N–H and O–H groups in total. The predicted molar refractivity (Wildman–Crippen MR) is 102 cm³/mol. The molecule has 0 saturated heterocycles. The number of fused-ring (bicyclic) bond motifs is 1. The lowest BCUT2D eigenvalue weighted by Gasteiger charge is -2.12. The minimum atomic E-state index is -0.302. The van der Waals surface area contributed by atoms with Crippen LogP contribution in [0.5, 0.6) is 0 Å². The molecule has 1 atom stereocenters. The highest BCUT2D eigenvalue weighted by molar-refractivity contribution is 6.08. The summed E-state index contributed by atoms with van der Waals surface area (Å²) >= 11 is 0. The summed E-state index contributed by atoms with van der Waals surface area (Å²) in [5.74, 6) is -0.311. The second-order valence-corrected chi connectivity index (χ2v) is 6.35. The topological polar surface area (TPSA) is 75.5 Å². The van der Waals surface area contributed by atoms with E-state index in [0.29, 0.717) is 16.9 Å². The molecule has 2 heterocycles. The van der Waals surface area contributed by atoms with E-state index in [1.54, 1.807) is 28.7 Å². The number of benzene rings is 1. The Hall–Kier alpha value is -3.15. The van der Waals surface area contributed by atoms with Gasteiger partial charge in [-0.15, -0.1) is 0 Å². The van der Waals surface area contributed by atoms with Gasteiger partial charge in [-0.3, -0.25) is 14.0 Å². The number of imidazole rings is 1. The molecule has 3 rings (SSSR count). The third-order valence-corrected chi connectivity index (χ3v) is 4.24. The van der Waals surface area contributed by atoms with Gasteiger partial charge in [0.25, 0.3) is 11.8 Å². The Bertz CT molecular complexity index is 947. The molecule has 1 aromatic carbocycles. The van der Waals surface area contributed by atoms with E-state index in [2.05, 4.69) is 15.6 Å². The first kappa shape index (κ1) is 17.7. The smallest absolute Gasteiger partial charge is 0.272 e. The molecule has 2 aromatic heterocycles. The summed E-state index contributed by atoms with van der Waals surface area (Å²) < 4.78 is 1.72. The summed E-state index contributed by atoms with van der Waals surface area (Å²) in [6.45, 7) is 5.88. The van der Waals surface area contributed by atoms with Gasteiger partial charge < -0.3 is 10.6 Å². The van der Waals surface area contributed by atoms with Crippen molar-refractivity contribution in [1.82, 2.24) is 14.7 Å². The van der Waals surface area contributed by atoms with Crippen LogP contribution in [0, 0.1) is 6.92 Å². The maximum Gasteiger partial charge on any atom is 0.272 e. The van der Waals surface area contributed by atoms with Gasteiger partial charge in [-0.1, -0.05) is 31.2 Å². The van der Waals surface area contributed by atoms with Crippen molar-refractivity contribution in [1.29, 1.82) is 0 Å². The summed E-state index contributed by atoms with van der Waals surface area (Å²) in [4.78, 5) is 29.8. The van der Waals surface area contributed by atoms with Gasteiger partial charge in [-0.2, -0.15) is 0 Å². The molecule has 2 amide bonds. The number of amides is 2. The molecule has 0 aliphatic rings. The molecule has 0 aliphatic carbocycles. The molecule has 26 heavy (non-hydrogen) atoms. The number of nitrogens with zero attached hydrogens (tertiary/aromatic N) is 2. The minimum absolute atomic E-state index is 0.0236. The van der Waals surface area contributed by atoms with Crippen molar-refractivity contribution < 1.29 is 9.59 Å². The molecule has 1 unspecified atom stereocenters. The number of carbonyl (C=O) groups is 2. The Morgan fingerprint density at radius 1 is 1.12 bits per heavy atom. The van der Waals surface area contributed by atoms with E-state index in [4.69, 9.17) is 0 Å². The lowest BCUT2D eigenvalue weighted by Crippen LogP contribution is -2.33. The number of nitrogens with one attached hydrogen (secondary N) is 2.